The summed E-state index contributed by atoms with van der Waals surface area (Å²) in [5, 5.41) is 8.20. The lowest BCUT2D eigenvalue weighted by atomic mass is 10.1. The van der Waals surface area contributed by atoms with Gasteiger partial charge < -0.3 is 9.80 Å². The van der Waals surface area contributed by atoms with Crippen LogP contribution in [-0.4, -0.2) is 62.3 Å². The summed E-state index contributed by atoms with van der Waals surface area (Å²) < 4.78 is 1.74. The molecule has 0 bridgehead atoms. The van der Waals surface area contributed by atoms with Crippen molar-refractivity contribution < 1.29 is 9.59 Å². The lowest BCUT2D eigenvalue weighted by molar-refractivity contribution is -0.133. The quantitative estimate of drug-likeness (QED) is 0.834. The van der Waals surface area contributed by atoms with Crippen LogP contribution in [0.25, 0.3) is 0 Å². The number of carbonyl (C=O) groups excluding carboxylic acids is 2. The number of rotatable bonds is 4. The Bertz CT molecular complexity index is 618. The Morgan fingerprint density at radius 3 is 2.58 bits per heavy atom. The summed E-state index contributed by atoms with van der Waals surface area (Å²) in [5.41, 5.74) is 0.426. The van der Waals surface area contributed by atoms with Crippen molar-refractivity contribution >= 4 is 11.8 Å². The number of nitrogens with zero attached hydrogens (tertiary/aromatic N) is 5. The molecule has 0 unspecified atom stereocenters. The first-order valence-electron chi connectivity index (χ1n) is 9.22. The van der Waals surface area contributed by atoms with E-state index in [1.54, 1.807) is 10.9 Å². The molecule has 2 amide bonds. The Kier molecular flexibility index (Phi) is 4.24. The third-order valence-corrected chi connectivity index (χ3v) is 5.39. The molecular formula is C17H25N5O2. The summed E-state index contributed by atoms with van der Waals surface area (Å²) >= 11 is 0. The second kappa shape index (κ2) is 6.53. The highest BCUT2D eigenvalue weighted by atomic mass is 16.2. The Balaban J connectivity index is 1.39. The van der Waals surface area contributed by atoms with Gasteiger partial charge in [-0.15, -0.1) is 5.10 Å². The number of carbonyl (C=O) groups is 2. The van der Waals surface area contributed by atoms with Crippen molar-refractivity contribution in [3.63, 3.8) is 0 Å². The Morgan fingerprint density at radius 2 is 1.83 bits per heavy atom. The minimum Gasteiger partial charge on any atom is -0.338 e. The molecule has 7 heteroatoms. The highest BCUT2D eigenvalue weighted by Crippen LogP contribution is 2.33. The summed E-state index contributed by atoms with van der Waals surface area (Å²) in [4.78, 5) is 28.7. The molecule has 1 saturated carbocycles. The van der Waals surface area contributed by atoms with Crippen LogP contribution in [0.2, 0.25) is 0 Å². The Morgan fingerprint density at radius 1 is 1.04 bits per heavy atom. The van der Waals surface area contributed by atoms with Crippen LogP contribution in [0, 0.1) is 5.92 Å². The third kappa shape index (κ3) is 3.16. The molecule has 3 heterocycles. The molecule has 0 spiro atoms. The van der Waals surface area contributed by atoms with Gasteiger partial charge in [0.05, 0.1) is 18.8 Å². The smallest absolute Gasteiger partial charge is 0.276 e. The fraction of sp³-hybridized carbons (Fsp3) is 0.765. The molecule has 1 aromatic rings. The first-order valence-corrected chi connectivity index (χ1v) is 9.22. The van der Waals surface area contributed by atoms with E-state index < -0.39 is 0 Å². The number of hydrogen-bond acceptors (Lipinski definition) is 4. The molecule has 2 aliphatic heterocycles. The second-order valence-corrected chi connectivity index (χ2v) is 7.28. The molecule has 1 atom stereocenters. The normalized spacial score (nSPS) is 24.4. The molecule has 0 aromatic carbocycles. The predicted octanol–water partition coefficient (Wildman–Crippen LogP) is 1.31. The standard InChI is InChI=1S/C17H25N5O2/c23-16(13-6-7-13)22-10-4-5-14(22)11-21-12-15(18-19-21)17(24)20-8-2-1-3-9-20/h12-14H,1-11H2/t14-/m0/s1. The van der Waals surface area contributed by atoms with E-state index in [0.717, 1.165) is 58.2 Å². The van der Waals surface area contributed by atoms with Crippen molar-refractivity contribution in [2.45, 2.75) is 57.5 Å². The minimum atomic E-state index is -0.0155. The van der Waals surface area contributed by atoms with Crippen LogP contribution in [0.15, 0.2) is 6.20 Å². The van der Waals surface area contributed by atoms with Gasteiger partial charge in [0.15, 0.2) is 5.69 Å². The van der Waals surface area contributed by atoms with Crippen molar-refractivity contribution in [1.82, 2.24) is 24.8 Å². The molecule has 0 radical (unpaired) electrons. The van der Waals surface area contributed by atoms with Gasteiger partial charge in [-0.1, -0.05) is 5.21 Å². The van der Waals surface area contributed by atoms with Crippen molar-refractivity contribution in [2.75, 3.05) is 19.6 Å². The first-order chi connectivity index (χ1) is 11.7. The van der Waals surface area contributed by atoms with Crippen LogP contribution in [0.5, 0.6) is 0 Å². The average Bonchev–Trinajstić information content (AvgIpc) is 3.19. The minimum absolute atomic E-state index is 0.0155. The monoisotopic (exact) mass is 331 g/mol. The number of hydrogen-bond donors (Lipinski definition) is 0. The molecule has 4 rings (SSSR count). The molecule has 0 N–H and O–H groups in total. The van der Waals surface area contributed by atoms with Gasteiger partial charge in [0.25, 0.3) is 5.91 Å². The molecular weight excluding hydrogens is 306 g/mol. The molecule has 2 saturated heterocycles. The predicted molar refractivity (Wildman–Crippen MR) is 87.2 cm³/mol. The van der Waals surface area contributed by atoms with Gasteiger partial charge in [0, 0.05) is 25.6 Å². The maximum atomic E-state index is 12.5. The zero-order valence-electron chi connectivity index (χ0n) is 14.1. The van der Waals surface area contributed by atoms with E-state index in [1.807, 2.05) is 9.80 Å². The molecule has 3 fully saturated rings. The maximum absolute atomic E-state index is 12.5. The zero-order chi connectivity index (χ0) is 16.5. The zero-order valence-corrected chi connectivity index (χ0v) is 14.1. The Labute approximate surface area is 142 Å². The molecule has 3 aliphatic rings. The van der Waals surface area contributed by atoms with Gasteiger partial charge in [0.1, 0.15) is 0 Å². The molecule has 24 heavy (non-hydrogen) atoms. The van der Waals surface area contributed by atoms with Crippen molar-refractivity contribution in [1.29, 1.82) is 0 Å². The van der Waals surface area contributed by atoms with Crippen LogP contribution in [-0.2, 0) is 11.3 Å². The van der Waals surface area contributed by atoms with Crippen LogP contribution in [0.3, 0.4) is 0 Å². The third-order valence-electron chi connectivity index (χ3n) is 5.39. The lowest BCUT2D eigenvalue weighted by Gasteiger charge is -2.25. The van der Waals surface area contributed by atoms with Crippen LogP contribution < -0.4 is 0 Å². The van der Waals surface area contributed by atoms with Gasteiger partial charge in [-0.25, -0.2) is 4.68 Å². The summed E-state index contributed by atoms with van der Waals surface area (Å²) in [6, 6.07) is 0.192. The Hall–Kier alpha value is -1.92. The second-order valence-electron chi connectivity index (χ2n) is 7.28. The largest absolute Gasteiger partial charge is 0.338 e. The number of aromatic nitrogens is 3. The average molecular weight is 331 g/mol. The van der Waals surface area contributed by atoms with E-state index >= 15 is 0 Å². The maximum Gasteiger partial charge on any atom is 0.276 e. The first kappa shape index (κ1) is 15.6. The van der Waals surface area contributed by atoms with E-state index in [2.05, 4.69) is 10.3 Å². The van der Waals surface area contributed by atoms with Crippen molar-refractivity contribution in [3.05, 3.63) is 11.9 Å². The summed E-state index contributed by atoms with van der Waals surface area (Å²) in [6.07, 6.45) is 9.23. The number of piperidine rings is 1. The van der Waals surface area contributed by atoms with Crippen molar-refractivity contribution in [3.8, 4) is 0 Å². The molecule has 7 nitrogen and oxygen atoms in total. The topological polar surface area (TPSA) is 71.3 Å². The van der Waals surface area contributed by atoms with Gasteiger partial charge in [-0.2, -0.15) is 0 Å². The number of amides is 2. The fourth-order valence-electron chi connectivity index (χ4n) is 3.84. The molecule has 1 aromatic heterocycles. The molecule has 1 aliphatic carbocycles. The SMILES string of the molecule is O=C(c1cn(C[C@@H]2CCCN2C(=O)C2CC2)nn1)N1CCCCC1. The van der Waals surface area contributed by atoms with Crippen LogP contribution in [0.4, 0.5) is 0 Å². The van der Waals surface area contributed by atoms with E-state index in [0.29, 0.717) is 18.1 Å². The molecule has 130 valence electrons. The number of likely N-dealkylation sites (tertiary alicyclic amines) is 2. The van der Waals surface area contributed by atoms with E-state index in [1.165, 1.54) is 6.42 Å². The lowest BCUT2D eigenvalue weighted by Crippen LogP contribution is -2.39. The fourth-order valence-corrected chi connectivity index (χ4v) is 3.84. The van der Waals surface area contributed by atoms with Gasteiger partial charge in [0.2, 0.25) is 5.91 Å². The summed E-state index contributed by atoms with van der Waals surface area (Å²) in [5.74, 6) is 0.554. The highest BCUT2D eigenvalue weighted by molar-refractivity contribution is 5.92. The highest BCUT2D eigenvalue weighted by Gasteiger charge is 2.38. The summed E-state index contributed by atoms with van der Waals surface area (Å²) in [6.45, 7) is 3.13. The van der Waals surface area contributed by atoms with Gasteiger partial charge >= 0.3 is 0 Å². The van der Waals surface area contributed by atoms with E-state index in [9.17, 15) is 9.59 Å². The van der Waals surface area contributed by atoms with Crippen LogP contribution in [0.1, 0.15) is 55.4 Å². The summed E-state index contributed by atoms with van der Waals surface area (Å²) in [7, 11) is 0. The van der Waals surface area contributed by atoms with E-state index in [-0.39, 0.29) is 17.9 Å². The van der Waals surface area contributed by atoms with Gasteiger partial charge in [-0.3, -0.25) is 9.59 Å². The van der Waals surface area contributed by atoms with Gasteiger partial charge in [-0.05, 0) is 44.9 Å². The van der Waals surface area contributed by atoms with Crippen molar-refractivity contribution in [2.24, 2.45) is 5.92 Å². The van der Waals surface area contributed by atoms with Crippen LogP contribution >= 0.6 is 0 Å². The van der Waals surface area contributed by atoms with E-state index in [4.69, 9.17) is 0 Å².